The zero-order chi connectivity index (χ0) is 24.2. The maximum absolute atomic E-state index is 12.5. The summed E-state index contributed by atoms with van der Waals surface area (Å²) in [7, 11) is -3.67. The molecule has 2 aromatic carbocycles. The van der Waals surface area contributed by atoms with Crippen molar-refractivity contribution in [2.75, 3.05) is 38.0 Å². The van der Waals surface area contributed by atoms with Crippen LogP contribution in [0.4, 0.5) is 10.5 Å². The van der Waals surface area contributed by atoms with Crippen molar-refractivity contribution in [1.29, 1.82) is 0 Å². The van der Waals surface area contributed by atoms with Crippen LogP contribution in [0.15, 0.2) is 41.3 Å². The number of sulfonamides is 1. The highest BCUT2D eigenvalue weighted by atomic mass is 35.5. The van der Waals surface area contributed by atoms with E-state index in [1.54, 1.807) is 40.1 Å². The van der Waals surface area contributed by atoms with Gasteiger partial charge < -0.3 is 15.1 Å². The minimum Gasteiger partial charge on any atom is -0.339 e. The van der Waals surface area contributed by atoms with Crippen molar-refractivity contribution in [3.63, 3.8) is 0 Å². The van der Waals surface area contributed by atoms with Gasteiger partial charge in [0.25, 0.3) is 0 Å². The van der Waals surface area contributed by atoms with Crippen molar-refractivity contribution in [1.82, 2.24) is 14.5 Å². The Morgan fingerprint density at radius 1 is 0.909 bits per heavy atom. The summed E-state index contributed by atoms with van der Waals surface area (Å²) in [6, 6.07) is 10.0. The van der Waals surface area contributed by atoms with Crippen molar-refractivity contribution in [3.8, 4) is 0 Å². The van der Waals surface area contributed by atoms with Crippen LogP contribution in [-0.2, 0) is 14.8 Å². The van der Waals surface area contributed by atoms with Gasteiger partial charge in [-0.1, -0.05) is 23.7 Å². The lowest BCUT2D eigenvalue weighted by Crippen LogP contribution is -2.52. The molecule has 1 heterocycles. The van der Waals surface area contributed by atoms with Gasteiger partial charge in [0.05, 0.1) is 4.90 Å². The van der Waals surface area contributed by atoms with Gasteiger partial charge in [0, 0.05) is 49.9 Å². The van der Waals surface area contributed by atoms with Crippen molar-refractivity contribution in [3.05, 3.63) is 58.1 Å². The van der Waals surface area contributed by atoms with E-state index in [2.05, 4.69) is 10.0 Å². The van der Waals surface area contributed by atoms with Gasteiger partial charge in [0.2, 0.25) is 15.9 Å². The van der Waals surface area contributed by atoms with Crippen molar-refractivity contribution < 1.29 is 18.0 Å². The topological polar surface area (TPSA) is 98.8 Å². The lowest BCUT2D eigenvalue weighted by atomic mass is 10.1. The highest BCUT2D eigenvalue weighted by molar-refractivity contribution is 7.89. The number of nitrogens with zero attached hydrogens (tertiary/aromatic N) is 2. The van der Waals surface area contributed by atoms with Gasteiger partial charge in [-0.3, -0.25) is 4.79 Å². The van der Waals surface area contributed by atoms with E-state index in [9.17, 15) is 18.0 Å². The predicted octanol–water partition coefficient (Wildman–Crippen LogP) is 3.31. The highest BCUT2D eigenvalue weighted by Gasteiger charge is 2.24. The molecule has 33 heavy (non-hydrogen) atoms. The molecule has 1 saturated heterocycles. The molecular weight excluding hydrogens is 464 g/mol. The molecule has 2 N–H and O–H groups in total. The molecule has 0 spiro atoms. The van der Waals surface area contributed by atoms with Crippen LogP contribution in [-0.4, -0.2) is 62.9 Å². The van der Waals surface area contributed by atoms with Gasteiger partial charge in [0.1, 0.15) is 0 Å². The molecule has 2 aromatic rings. The molecule has 10 heteroatoms. The fraction of sp³-hybridized carbons (Fsp3) is 0.391. The van der Waals surface area contributed by atoms with Crippen LogP contribution in [0.2, 0.25) is 5.02 Å². The molecule has 1 aliphatic rings. The molecule has 8 nitrogen and oxygen atoms in total. The Morgan fingerprint density at radius 3 is 2.18 bits per heavy atom. The molecule has 0 unspecified atom stereocenters. The Bertz CT molecular complexity index is 1150. The zero-order valence-electron chi connectivity index (χ0n) is 19.0. The standard InChI is InChI=1S/C23H29ClN4O4S/c1-16-5-7-20(14-18(16)3)33(31,32)25-9-8-22(29)27-10-12-28(13-11-27)23(30)26-19-6-4-17(2)21(24)15-19/h4-7,14-15,25H,8-13H2,1-3H3,(H,26,30). The van der Waals surface area contributed by atoms with E-state index in [-0.39, 0.29) is 29.8 Å². The summed E-state index contributed by atoms with van der Waals surface area (Å²) < 4.78 is 27.4. The Balaban J connectivity index is 1.44. The number of hydrogen-bond donors (Lipinski definition) is 2. The van der Waals surface area contributed by atoms with Gasteiger partial charge in [-0.15, -0.1) is 0 Å². The number of anilines is 1. The number of rotatable bonds is 6. The number of amides is 3. The maximum Gasteiger partial charge on any atom is 0.321 e. The third-order valence-electron chi connectivity index (χ3n) is 5.76. The van der Waals surface area contributed by atoms with Gasteiger partial charge in [0.15, 0.2) is 0 Å². The largest absolute Gasteiger partial charge is 0.339 e. The monoisotopic (exact) mass is 492 g/mol. The number of benzene rings is 2. The fourth-order valence-electron chi connectivity index (χ4n) is 3.45. The average Bonchev–Trinajstić information content (AvgIpc) is 2.78. The summed E-state index contributed by atoms with van der Waals surface area (Å²) in [6.45, 7) is 7.25. The molecule has 1 fully saturated rings. The second-order valence-corrected chi connectivity index (χ2v) is 10.3. The smallest absolute Gasteiger partial charge is 0.321 e. The Hall–Kier alpha value is -2.62. The van der Waals surface area contributed by atoms with Crippen LogP contribution in [0.25, 0.3) is 0 Å². The SMILES string of the molecule is Cc1ccc(S(=O)(=O)NCCC(=O)N2CCN(C(=O)Nc3ccc(C)c(Cl)c3)CC2)cc1C. The van der Waals surface area contributed by atoms with Crippen LogP contribution in [0.1, 0.15) is 23.1 Å². The molecule has 0 atom stereocenters. The number of carbonyl (C=O) groups excluding carboxylic acids is 2. The quantitative estimate of drug-likeness (QED) is 0.646. The first-order valence-corrected chi connectivity index (χ1v) is 12.6. The lowest BCUT2D eigenvalue weighted by molar-refractivity contribution is -0.132. The first-order chi connectivity index (χ1) is 15.6. The molecule has 0 aliphatic carbocycles. The molecule has 3 rings (SSSR count). The molecule has 3 amide bonds. The van der Waals surface area contributed by atoms with Crippen molar-refractivity contribution in [2.24, 2.45) is 0 Å². The van der Waals surface area contributed by atoms with Gasteiger partial charge in [-0.25, -0.2) is 17.9 Å². The molecule has 178 valence electrons. The number of halogens is 1. The van der Waals surface area contributed by atoms with E-state index < -0.39 is 10.0 Å². The predicted molar refractivity (Wildman–Crippen MR) is 129 cm³/mol. The molecular formula is C23H29ClN4O4S. The lowest BCUT2D eigenvalue weighted by Gasteiger charge is -2.34. The summed E-state index contributed by atoms with van der Waals surface area (Å²) in [6.07, 6.45) is 0.0537. The van der Waals surface area contributed by atoms with E-state index in [0.717, 1.165) is 16.7 Å². The van der Waals surface area contributed by atoms with Crippen LogP contribution in [0.3, 0.4) is 0 Å². The Kier molecular flexibility index (Phi) is 7.99. The third-order valence-corrected chi connectivity index (χ3v) is 7.63. The molecule has 0 bridgehead atoms. The van der Waals surface area contributed by atoms with E-state index in [4.69, 9.17) is 11.6 Å². The van der Waals surface area contributed by atoms with Crippen molar-refractivity contribution >= 4 is 39.2 Å². The third kappa shape index (κ3) is 6.46. The number of piperazine rings is 1. The van der Waals surface area contributed by atoms with Crippen LogP contribution < -0.4 is 10.0 Å². The van der Waals surface area contributed by atoms with Crippen molar-refractivity contribution in [2.45, 2.75) is 32.1 Å². The summed E-state index contributed by atoms with van der Waals surface area (Å²) in [4.78, 5) is 28.5. The van der Waals surface area contributed by atoms with Gasteiger partial charge in [-0.2, -0.15) is 0 Å². The summed E-state index contributed by atoms with van der Waals surface area (Å²) >= 11 is 6.10. The molecule has 0 saturated carbocycles. The van der Waals surface area contributed by atoms with E-state index in [0.29, 0.717) is 36.9 Å². The second kappa shape index (κ2) is 10.5. The molecule has 1 aliphatic heterocycles. The van der Waals surface area contributed by atoms with Crippen LogP contribution >= 0.6 is 11.6 Å². The minimum atomic E-state index is -3.67. The fourth-order valence-corrected chi connectivity index (χ4v) is 4.74. The van der Waals surface area contributed by atoms with Crippen LogP contribution in [0, 0.1) is 20.8 Å². The zero-order valence-corrected chi connectivity index (χ0v) is 20.6. The van der Waals surface area contributed by atoms with Crippen LogP contribution in [0.5, 0.6) is 0 Å². The number of hydrogen-bond acceptors (Lipinski definition) is 4. The van der Waals surface area contributed by atoms with E-state index in [1.165, 1.54) is 0 Å². The minimum absolute atomic E-state index is 0.0168. The Labute approximate surface area is 200 Å². The Morgan fingerprint density at radius 2 is 1.55 bits per heavy atom. The maximum atomic E-state index is 12.5. The van der Waals surface area contributed by atoms with Gasteiger partial charge >= 0.3 is 6.03 Å². The number of urea groups is 1. The highest BCUT2D eigenvalue weighted by Crippen LogP contribution is 2.20. The average molecular weight is 493 g/mol. The first-order valence-electron chi connectivity index (χ1n) is 10.7. The molecule has 0 radical (unpaired) electrons. The number of carbonyl (C=O) groups is 2. The van der Waals surface area contributed by atoms with E-state index >= 15 is 0 Å². The summed E-state index contributed by atoms with van der Waals surface area (Å²) in [5.41, 5.74) is 3.45. The number of aryl methyl sites for hydroxylation is 3. The summed E-state index contributed by atoms with van der Waals surface area (Å²) in [5.74, 6) is -0.150. The molecule has 0 aromatic heterocycles. The number of nitrogens with one attached hydrogen (secondary N) is 2. The van der Waals surface area contributed by atoms with Gasteiger partial charge in [-0.05, 0) is 61.7 Å². The summed E-state index contributed by atoms with van der Waals surface area (Å²) in [5, 5.41) is 3.40. The normalized spacial score (nSPS) is 14.3. The van der Waals surface area contributed by atoms with E-state index in [1.807, 2.05) is 26.8 Å². The first kappa shape index (κ1) is 25.0. The second-order valence-electron chi connectivity index (χ2n) is 8.16.